The molecule has 0 radical (unpaired) electrons. The van der Waals surface area contributed by atoms with Crippen LogP contribution in [0.5, 0.6) is 17.2 Å². The number of aromatic nitrogens is 1. The lowest BCUT2D eigenvalue weighted by atomic mass is 10.2. The third-order valence-electron chi connectivity index (χ3n) is 5.00. The number of carbonyl (C=O) groups is 2. The fourth-order valence-electron chi connectivity index (χ4n) is 3.09. The van der Waals surface area contributed by atoms with E-state index in [4.69, 9.17) is 9.47 Å². The number of hydrogen-bond acceptors (Lipinski definition) is 6. The van der Waals surface area contributed by atoms with Crippen LogP contribution in [0.25, 0.3) is 0 Å². The van der Waals surface area contributed by atoms with Gasteiger partial charge in [-0.2, -0.15) is 13.2 Å². The number of nitrogens with zero attached hydrogens (tertiary/aromatic N) is 2. The molecule has 39 heavy (non-hydrogen) atoms. The number of pyridine rings is 1. The quantitative estimate of drug-likeness (QED) is 0.318. The third kappa shape index (κ3) is 8.26. The molecule has 0 saturated carbocycles. The van der Waals surface area contributed by atoms with Crippen LogP contribution in [-0.4, -0.2) is 56.1 Å². The summed E-state index contributed by atoms with van der Waals surface area (Å²) in [7, 11) is 4.90. The van der Waals surface area contributed by atoms with E-state index in [-0.39, 0.29) is 35.2 Å². The molecule has 3 N–H and O–H groups in total. The number of rotatable bonds is 9. The van der Waals surface area contributed by atoms with E-state index < -0.39 is 41.1 Å². The van der Waals surface area contributed by atoms with Gasteiger partial charge in [-0.05, 0) is 38.4 Å². The van der Waals surface area contributed by atoms with Crippen molar-refractivity contribution in [2.45, 2.75) is 6.18 Å². The molecule has 0 fully saturated rings. The second-order valence-corrected chi connectivity index (χ2v) is 8.30. The molecule has 0 bridgehead atoms. The summed E-state index contributed by atoms with van der Waals surface area (Å²) in [5.41, 5.74) is -1.75. The van der Waals surface area contributed by atoms with E-state index in [0.29, 0.717) is 12.6 Å². The highest BCUT2D eigenvalue weighted by Crippen LogP contribution is 2.34. The van der Waals surface area contributed by atoms with Crippen LogP contribution < -0.4 is 25.4 Å². The van der Waals surface area contributed by atoms with Crippen LogP contribution in [0.4, 0.5) is 38.1 Å². The normalized spacial score (nSPS) is 11.2. The van der Waals surface area contributed by atoms with Crippen molar-refractivity contribution in [1.29, 1.82) is 0 Å². The summed E-state index contributed by atoms with van der Waals surface area (Å²) in [5, 5.41) is 6.72. The highest BCUT2D eigenvalue weighted by molar-refractivity contribution is 6.00. The van der Waals surface area contributed by atoms with E-state index in [1.165, 1.54) is 19.2 Å². The van der Waals surface area contributed by atoms with Gasteiger partial charge in [0.05, 0.1) is 17.4 Å². The van der Waals surface area contributed by atoms with Gasteiger partial charge in [-0.25, -0.2) is 18.6 Å². The average Bonchev–Trinajstić information content (AvgIpc) is 2.85. The number of urea groups is 1. The molecular weight excluding hydrogens is 529 g/mol. The van der Waals surface area contributed by atoms with Crippen LogP contribution in [0.15, 0.2) is 48.7 Å². The summed E-state index contributed by atoms with van der Waals surface area (Å²) >= 11 is 0. The maximum Gasteiger partial charge on any atom is 0.416 e. The third-order valence-corrected chi connectivity index (χ3v) is 5.00. The molecule has 0 aliphatic heterocycles. The second kappa shape index (κ2) is 12.4. The topological polar surface area (TPSA) is 105 Å². The Morgan fingerprint density at radius 3 is 2.36 bits per heavy atom. The summed E-state index contributed by atoms with van der Waals surface area (Å²) in [6.45, 7) is 0.553. The van der Waals surface area contributed by atoms with Crippen LogP contribution in [0.3, 0.4) is 0 Å². The Morgan fingerprint density at radius 1 is 0.974 bits per heavy atom. The van der Waals surface area contributed by atoms with Gasteiger partial charge in [0.15, 0.2) is 11.6 Å². The van der Waals surface area contributed by atoms with Gasteiger partial charge in [-0.1, -0.05) is 0 Å². The van der Waals surface area contributed by atoms with Crippen LogP contribution in [0, 0.1) is 11.6 Å². The maximum atomic E-state index is 14.6. The van der Waals surface area contributed by atoms with E-state index in [0.717, 1.165) is 30.5 Å². The Balaban J connectivity index is 1.72. The number of nitrogens with one attached hydrogen (secondary N) is 3. The summed E-state index contributed by atoms with van der Waals surface area (Å²) in [6.07, 6.45) is -3.94. The van der Waals surface area contributed by atoms with Gasteiger partial charge in [0.25, 0.3) is 5.91 Å². The molecule has 0 saturated heterocycles. The molecule has 0 unspecified atom stereocenters. The molecule has 3 aromatic rings. The zero-order valence-corrected chi connectivity index (χ0v) is 21.0. The molecule has 0 aliphatic carbocycles. The largest absolute Gasteiger partial charge is 0.492 e. The SMILES string of the molecule is CNC(=O)c1cc(Oc2ccc(NC(=O)Nc3cc(OCCN(C)C)cc(C(F)(F)F)c3)c(F)c2)c(F)cn1. The van der Waals surface area contributed by atoms with Crippen LogP contribution in [-0.2, 0) is 6.18 Å². The Labute approximate surface area is 219 Å². The second-order valence-electron chi connectivity index (χ2n) is 8.30. The highest BCUT2D eigenvalue weighted by atomic mass is 19.4. The van der Waals surface area contributed by atoms with Crippen molar-refractivity contribution in [3.63, 3.8) is 0 Å². The van der Waals surface area contributed by atoms with Gasteiger partial charge in [0.1, 0.15) is 29.6 Å². The number of likely N-dealkylation sites (N-methyl/N-ethyl adjacent to an activating group) is 1. The first-order chi connectivity index (χ1) is 18.3. The molecule has 208 valence electrons. The Morgan fingerprint density at radius 2 is 1.72 bits per heavy atom. The Kier molecular flexibility index (Phi) is 9.24. The zero-order valence-electron chi connectivity index (χ0n) is 21.0. The predicted molar refractivity (Wildman–Crippen MR) is 132 cm³/mol. The molecule has 1 heterocycles. The standard InChI is InChI=1S/C25H24F5N5O4/c1-31-23(36)21-12-22(19(27)13-32-21)39-16-4-5-20(18(26)11-16)34-24(37)33-15-8-14(25(28,29)30)9-17(10-15)38-7-6-35(2)3/h4-5,8-13H,6-7H2,1-3H3,(H,31,36)(H2,33,34,37). The van der Waals surface area contributed by atoms with Crippen molar-refractivity contribution >= 4 is 23.3 Å². The number of alkyl halides is 3. The number of anilines is 2. The summed E-state index contributed by atoms with van der Waals surface area (Å²) in [6, 6.07) is 5.87. The fourth-order valence-corrected chi connectivity index (χ4v) is 3.09. The van der Waals surface area contributed by atoms with Crippen molar-refractivity contribution < 1.29 is 41.0 Å². The number of carbonyl (C=O) groups excluding carboxylic acids is 2. The average molecular weight is 553 g/mol. The zero-order chi connectivity index (χ0) is 28.7. The maximum absolute atomic E-state index is 14.6. The van der Waals surface area contributed by atoms with Gasteiger partial charge < -0.3 is 30.3 Å². The fraction of sp³-hybridized carbons (Fsp3) is 0.240. The minimum absolute atomic E-state index is 0.107. The van der Waals surface area contributed by atoms with Crippen LogP contribution in [0.1, 0.15) is 16.1 Å². The van der Waals surface area contributed by atoms with Crippen LogP contribution in [0.2, 0.25) is 0 Å². The van der Waals surface area contributed by atoms with Crippen molar-refractivity contribution in [2.75, 3.05) is 44.9 Å². The first-order valence-electron chi connectivity index (χ1n) is 11.3. The molecule has 9 nitrogen and oxygen atoms in total. The van der Waals surface area contributed by atoms with Gasteiger partial charge in [0.2, 0.25) is 0 Å². The van der Waals surface area contributed by atoms with E-state index >= 15 is 0 Å². The molecule has 2 aromatic carbocycles. The number of benzene rings is 2. The van der Waals surface area contributed by atoms with E-state index in [1.807, 2.05) is 0 Å². The van der Waals surface area contributed by atoms with Gasteiger partial charge in [0, 0.05) is 37.5 Å². The first kappa shape index (κ1) is 29.1. The van der Waals surface area contributed by atoms with Crippen molar-refractivity contribution in [3.8, 4) is 17.2 Å². The smallest absolute Gasteiger partial charge is 0.416 e. The predicted octanol–water partition coefficient (Wildman–Crippen LogP) is 5.11. The van der Waals surface area contributed by atoms with Gasteiger partial charge >= 0.3 is 12.2 Å². The molecule has 0 spiro atoms. The highest BCUT2D eigenvalue weighted by Gasteiger charge is 2.31. The van der Waals surface area contributed by atoms with Gasteiger partial charge in [-0.3, -0.25) is 4.79 Å². The molecule has 1 aromatic heterocycles. The summed E-state index contributed by atoms with van der Waals surface area (Å²) in [5.74, 6) is -3.16. The summed E-state index contributed by atoms with van der Waals surface area (Å²) in [4.78, 5) is 29.5. The minimum Gasteiger partial charge on any atom is -0.492 e. The molecule has 0 atom stereocenters. The number of ether oxygens (including phenoxy) is 2. The lowest BCUT2D eigenvalue weighted by Crippen LogP contribution is -2.21. The number of halogens is 5. The van der Waals surface area contributed by atoms with Crippen molar-refractivity contribution in [3.05, 3.63) is 71.6 Å². The van der Waals surface area contributed by atoms with Crippen molar-refractivity contribution in [1.82, 2.24) is 15.2 Å². The lowest BCUT2D eigenvalue weighted by Gasteiger charge is -2.16. The Bertz CT molecular complexity index is 1350. The van der Waals surface area contributed by atoms with E-state index in [9.17, 15) is 31.5 Å². The molecular formula is C25H24F5N5O4. The molecule has 3 rings (SSSR count). The van der Waals surface area contributed by atoms with E-state index in [2.05, 4.69) is 20.9 Å². The monoisotopic (exact) mass is 553 g/mol. The molecule has 0 aliphatic rings. The summed E-state index contributed by atoms with van der Waals surface area (Å²) < 4.78 is 79.4. The Hall–Kier alpha value is -4.46. The first-order valence-corrected chi connectivity index (χ1v) is 11.3. The minimum atomic E-state index is -4.70. The van der Waals surface area contributed by atoms with E-state index in [1.54, 1.807) is 19.0 Å². The van der Waals surface area contributed by atoms with Crippen LogP contribution >= 0.6 is 0 Å². The van der Waals surface area contributed by atoms with Gasteiger partial charge in [-0.15, -0.1) is 0 Å². The number of hydrogen-bond donors (Lipinski definition) is 3. The molecule has 3 amide bonds. The number of amides is 3. The lowest BCUT2D eigenvalue weighted by molar-refractivity contribution is -0.137. The van der Waals surface area contributed by atoms with Crippen molar-refractivity contribution in [2.24, 2.45) is 0 Å². The molecule has 14 heteroatoms.